The SMILES string of the molecule is CCC(C)Nc1ccc2cc(N)ccc2n1. The molecule has 0 fully saturated rings. The number of hydrogen-bond donors (Lipinski definition) is 2. The van der Waals surface area contributed by atoms with Crippen LogP contribution in [0.5, 0.6) is 0 Å². The number of nitrogens with zero attached hydrogens (tertiary/aromatic N) is 1. The molecule has 0 radical (unpaired) electrons. The molecule has 1 heterocycles. The van der Waals surface area contributed by atoms with Gasteiger partial charge in [-0.3, -0.25) is 0 Å². The lowest BCUT2D eigenvalue weighted by Crippen LogP contribution is -2.14. The fraction of sp³-hybridized carbons (Fsp3) is 0.308. The minimum atomic E-state index is 0.443. The van der Waals surface area contributed by atoms with Gasteiger partial charge in [0.2, 0.25) is 0 Å². The summed E-state index contributed by atoms with van der Waals surface area (Å²) in [6, 6.07) is 10.3. The van der Waals surface area contributed by atoms with Crippen LogP contribution in [0.3, 0.4) is 0 Å². The van der Waals surface area contributed by atoms with E-state index in [1.54, 1.807) is 0 Å². The number of aromatic nitrogens is 1. The van der Waals surface area contributed by atoms with Crippen molar-refractivity contribution >= 4 is 22.4 Å². The van der Waals surface area contributed by atoms with Gasteiger partial charge in [-0.1, -0.05) is 6.92 Å². The quantitative estimate of drug-likeness (QED) is 0.774. The highest BCUT2D eigenvalue weighted by molar-refractivity contribution is 5.83. The van der Waals surface area contributed by atoms with Gasteiger partial charge >= 0.3 is 0 Å². The van der Waals surface area contributed by atoms with Gasteiger partial charge in [-0.25, -0.2) is 4.98 Å². The zero-order chi connectivity index (χ0) is 11.5. The van der Waals surface area contributed by atoms with Crippen LogP contribution in [0.1, 0.15) is 20.3 Å². The summed E-state index contributed by atoms with van der Waals surface area (Å²) in [5.74, 6) is 0.923. The number of pyridine rings is 1. The van der Waals surface area contributed by atoms with Crippen molar-refractivity contribution in [3.05, 3.63) is 30.3 Å². The molecule has 0 amide bonds. The molecular weight excluding hydrogens is 198 g/mol. The second kappa shape index (κ2) is 4.39. The van der Waals surface area contributed by atoms with Crippen molar-refractivity contribution in [1.29, 1.82) is 0 Å². The van der Waals surface area contributed by atoms with Gasteiger partial charge < -0.3 is 11.1 Å². The van der Waals surface area contributed by atoms with E-state index in [0.717, 1.165) is 28.8 Å². The zero-order valence-electron chi connectivity index (χ0n) is 9.70. The molecule has 16 heavy (non-hydrogen) atoms. The lowest BCUT2D eigenvalue weighted by molar-refractivity contribution is 0.760. The predicted octanol–water partition coefficient (Wildman–Crippen LogP) is 3.03. The van der Waals surface area contributed by atoms with E-state index < -0.39 is 0 Å². The van der Waals surface area contributed by atoms with E-state index in [2.05, 4.69) is 24.1 Å². The number of nitrogen functional groups attached to an aromatic ring is 1. The minimum absolute atomic E-state index is 0.443. The normalized spacial score (nSPS) is 12.6. The number of benzene rings is 1. The largest absolute Gasteiger partial charge is 0.399 e. The smallest absolute Gasteiger partial charge is 0.126 e. The first-order chi connectivity index (χ1) is 7.69. The van der Waals surface area contributed by atoms with Gasteiger partial charge in [0.1, 0.15) is 5.82 Å². The van der Waals surface area contributed by atoms with Crippen LogP contribution >= 0.6 is 0 Å². The first-order valence-electron chi connectivity index (χ1n) is 5.62. The van der Waals surface area contributed by atoms with Crippen molar-refractivity contribution in [2.75, 3.05) is 11.1 Å². The Kier molecular flexibility index (Phi) is 2.95. The number of anilines is 2. The number of fused-ring (bicyclic) bond motifs is 1. The summed E-state index contributed by atoms with van der Waals surface area (Å²) in [6.45, 7) is 4.30. The van der Waals surface area contributed by atoms with Gasteiger partial charge in [0, 0.05) is 17.1 Å². The molecule has 0 aliphatic heterocycles. The topological polar surface area (TPSA) is 50.9 Å². The van der Waals surface area contributed by atoms with E-state index in [-0.39, 0.29) is 0 Å². The molecule has 0 aliphatic rings. The average molecular weight is 215 g/mol. The van der Waals surface area contributed by atoms with Crippen molar-refractivity contribution in [2.45, 2.75) is 26.3 Å². The van der Waals surface area contributed by atoms with Crippen LogP contribution in [-0.4, -0.2) is 11.0 Å². The lowest BCUT2D eigenvalue weighted by atomic mass is 10.2. The molecule has 0 spiro atoms. The van der Waals surface area contributed by atoms with E-state index >= 15 is 0 Å². The summed E-state index contributed by atoms with van der Waals surface area (Å²) in [5.41, 5.74) is 7.47. The van der Waals surface area contributed by atoms with Crippen LogP contribution < -0.4 is 11.1 Å². The monoisotopic (exact) mass is 215 g/mol. The standard InChI is InChI=1S/C13H17N3/c1-3-9(2)15-13-7-4-10-8-11(14)5-6-12(10)16-13/h4-9H,3,14H2,1-2H3,(H,15,16). The Hall–Kier alpha value is -1.77. The van der Waals surface area contributed by atoms with Crippen LogP contribution in [-0.2, 0) is 0 Å². The van der Waals surface area contributed by atoms with Gasteiger partial charge in [-0.2, -0.15) is 0 Å². The first kappa shape index (κ1) is 10.7. The van der Waals surface area contributed by atoms with Crippen molar-refractivity contribution in [3.63, 3.8) is 0 Å². The lowest BCUT2D eigenvalue weighted by Gasteiger charge is -2.12. The molecule has 3 nitrogen and oxygen atoms in total. The van der Waals surface area contributed by atoms with Crippen LogP contribution in [0, 0.1) is 0 Å². The van der Waals surface area contributed by atoms with Gasteiger partial charge in [0.25, 0.3) is 0 Å². The molecule has 0 saturated heterocycles. The Morgan fingerprint density at radius 1 is 1.31 bits per heavy atom. The molecule has 2 aromatic rings. The molecule has 1 aromatic heterocycles. The van der Waals surface area contributed by atoms with Gasteiger partial charge in [0.05, 0.1) is 5.52 Å². The Bertz CT molecular complexity index is 494. The highest BCUT2D eigenvalue weighted by atomic mass is 15.0. The van der Waals surface area contributed by atoms with Gasteiger partial charge in [-0.15, -0.1) is 0 Å². The summed E-state index contributed by atoms with van der Waals surface area (Å²) >= 11 is 0. The minimum Gasteiger partial charge on any atom is -0.399 e. The van der Waals surface area contributed by atoms with Gasteiger partial charge in [0.15, 0.2) is 0 Å². The summed E-state index contributed by atoms with van der Waals surface area (Å²) in [5, 5.41) is 4.43. The van der Waals surface area contributed by atoms with Crippen LogP contribution in [0.15, 0.2) is 30.3 Å². The fourth-order valence-corrected chi connectivity index (χ4v) is 1.58. The number of nitrogens with two attached hydrogens (primary N) is 1. The Morgan fingerprint density at radius 2 is 2.12 bits per heavy atom. The van der Waals surface area contributed by atoms with Gasteiger partial charge in [-0.05, 0) is 43.7 Å². The third-order valence-electron chi connectivity index (χ3n) is 2.72. The average Bonchev–Trinajstić information content (AvgIpc) is 2.29. The number of rotatable bonds is 3. The van der Waals surface area contributed by atoms with Crippen molar-refractivity contribution in [1.82, 2.24) is 4.98 Å². The van der Waals surface area contributed by atoms with Crippen LogP contribution in [0.4, 0.5) is 11.5 Å². The van der Waals surface area contributed by atoms with E-state index in [1.165, 1.54) is 0 Å². The summed E-state index contributed by atoms with van der Waals surface area (Å²) in [6.07, 6.45) is 1.08. The molecule has 2 rings (SSSR count). The Labute approximate surface area is 95.7 Å². The molecule has 84 valence electrons. The number of hydrogen-bond acceptors (Lipinski definition) is 3. The van der Waals surface area contributed by atoms with Crippen molar-refractivity contribution in [3.8, 4) is 0 Å². The number of nitrogens with one attached hydrogen (secondary N) is 1. The van der Waals surface area contributed by atoms with Crippen LogP contribution in [0.25, 0.3) is 10.9 Å². The highest BCUT2D eigenvalue weighted by Crippen LogP contribution is 2.18. The fourth-order valence-electron chi connectivity index (χ4n) is 1.58. The second-order valence-electron chi connectivity index (χ2n) is 4.10. The first-order valence-corrected chi connectivity index (χ1v) is 5.62. The third-order valence-corrected chi connectivity index (χ3v) is 2.72. The second-order valence-corrected chi connectivity index (χ2v) is 4.10. The molecule has 1 unspecified atom stereocenters. The molecule has 0 bridgehead atoms. The van der Waals surface area contributed by atoms with E-state index in [0.29, 0.717) is 6.04 Å². The molecule has 1 aromatic carbocycles. The zero-order valence-corrected chi connectivity index (χ0v) is 9.70. The molecule has 3 N–H and O–H groups in total. The molecule has 3 heteroatoms. The van der Waals surface area contributed by atoms with Crippen molar-refractivity contribution in [2.24, 2.45) is 0 Å². The molecule has 0 saturated carbocycles. The Balaban J connectivity index is 2.33. The summed E-state index contributed by atoms with van der Waals surface area (Å²) in [7, 11) is 0. The molecular formula is C13H17N3. The Morgan fingerprint density at radius 3 is 2.88 bits per heavy atom. The van der Waals surface area contributed by atoms with E-state index in [1.807, 2.05) is 30.3 Å². The summed E-state index contributed by atoms with van der Waals surface area (Å²) in [4.78, 5) is 4.54. The van der Waals surface area contributed by atoms with Crippen molar-refractivity contribution < 1.29 is 0 Å². The maximum absolute atomic E-state index is 5.72. The molecule has 0 aliphatic carbocycles. The molecule has 1 atom stereocenters. The van der Waals surface area contributed by atoms with E-state index in [4.69, 9.17) is 5.73 Å². The van der Waals surface area contributed by atoms with E-state index in [9.17, 15) is 0 Å². The third kappa shape index (κ3) is 2.24. The maximum Gasteiger partial charge on any atom is 0.126 e. The predicted molar refractivity (Wildman–Crippen MR) is 69.5 cm³/mol. The summed E-state index contributed by atoms with van der Waals surface area (Å²) < 4.78 is 0. The van der Waals surface area contributed by atoms with Crippen LogP contribution in [0.2, 0.25) is 0 Å². The highest BCUT2D eigenvalue weighted by Gasteiger charge is 2.01. The maximum atomic E-state index is 5.72.